The van der Waals surface area contributed by atoms with Crippen LogP contribution in [0.2, 0.25) is 0 Å². The highest BCUT2D eigenvalue weighted by molar-refractivity contribution is 5.10. The molecule has 1 saturated carbocycles. The Morgan fingerprint density at radius 1 is 1.30 bits per heavy atom. The monoisotopic (exact) mass is 273 g/mol. The molecule has 2 aromatic rings. The summed E-state index contributed by atoms with van der Waals surface area (Å²) >= 11 is 0. The van der Waals surface area contributed by atoms with Crippen molar-refractivity contribution >= 4 is 0 Å². The highest BCUT2D eigenvalue weighted by Gasteiger charge is 2.32. The minimum atomic E-state index is 0.390. The fourth-order valence-corrected chi connectivity index (χ4v) is 2.74. The summed E-state index contributed by atoms with van der Waals surface area (Å²) < 4.78 is 7.56. The third-order valence-corrected chi connectivity index (χ3v) is 4.10. The number of hydrogen-bond donors (Lipinski definition) is 1. The van der Waals surface area contributed by atoms with Gasteiger partial charge < -0.3 is 9.72 Å². The standard InChI is InChI=1S/C14H19N5O/c1-2-10(1)14-17-13(11-4-6-20-8-11)18-19(14)5-3-12-7-15-9-16-12/h7,9-11H,1-6,8H2,(H,15,16)/t11-/m1/s1. The van der Waals surface area contributed by atoms with E-state index in [9.17, 15) is 0 Å². The van der Waals surface area contributed by atoms with Gasteiger partial charge in [-0.25, -0.2) is 14.6 Å². The van der Waals surface area contributed by atoms with Crippen LogP contribution in [0.3, 0.4) is 0 Å². The first kappa shape index (κ1) is 12.1. The summed E-state index contributed by atoms with van der Waals surface area (Å²) in [6.07, 6.45) is 8.07. The van der Waals surface area contributed by atoms with Crippen LogP contribution in [0.25, 0.3) is 0 Å². The number of ether oxygens (including phenoxy) is 1. The highest BCUT2D eigenvalue weighted by Crippen LogP contribution is 2.39. The number of aromatic amines is 1. The second-order valence-electron chi connectivity index (χ2n) is 5.71. The van der Waals surface area contributed by atoms with Crippen LogP contribution in [-0.2, 0) is 17.7 Å². The van der Waals surface area contributed by atoms with Crippen LogP contribution in [0.5, 0.6) is 0 Å². The van der Waals surface area contributed by atoms with E-state index in [0.29, 0.717) is 11.8 Å². The molecule has 1 saturated heterocycles. The van der Waals surface area contributed by atoms with Crippen molar-refractivity contribution in [2.24, 2.45) is 0 Å². The topological polar surface area (TPSA) is 68.6 Å². The van der Waals surface area contributed by atoms with E-state index in [1.807, 2.05) is 6.20 Å². The number of imidazole rings is 1. The van der Waals surface area contributed by atoms with Crippen LogP contribution in [-0.4, -0.2) is 37.9 Å². The van der Waals surface area contributed by atoms with Crippen molar-refractivity contribution in [3.8, 4) is 0 Å². The first-order valence-corrected chi connectivity index (χ1v) is 7.40. The normalized spacial score (nSPS) is 22.5. The molecular formula is C14H19N5O. The zero-order valence-electron chi connectivity index (χ0n) is 11.5. The van der Waals surface area contributed by atoms with Gasteiger partial charge in [-0.05, 0) is 19.3 Å². The van der Waals surface area contributed by atoms with Crippen molar-refractivity contribution in [2.45, 2.75) is 44.1 Å². The molecule has 0 bridgehead atoms. The van der Waals surface area contributed by atoms with Gasteiger partial charge in [0.05, 0.1) is 12.9 Å². The van der Waals surface area contributed by atoms with Crippen LogP contribution >= 0.6 is 0 Å². The molecule has 1 aliphatic heterocycles. The van der Waals surface area contributed by atoms with Gasteiger partial charge in [0.15, 0.2) is 5.82 Å². The average molecular weight is 273 g/mol. The van der Waals surface area contributed by atoms with Gasteiger partial charge in [-0.1, -0.05) is 0 Å². The van der Waals surface area contributed by atoms with Crippen LogP contribution < -0.4 is 0 Å². The third-order valence-electron chi connectivity index (χ3n) is 4.10. The van der Waals surface area contributed by atoms with E-state index in [1.54, 1.807) is 6.33 Å². The first-order valence-electron chi connectivity index (χ1n) is 7.40. The summed E-state index contributed by atoms with van der Waals surface area (Å²) in [5.41, 5.74) is 1.15. The molecule has 1 N–H and O–H groups in total. The number of hydrogen-bond acceptors (Lipinski definition) is 4. The Labute approximate surface area is 117 Å². The Kier molecular flexibility index (Phi) is 3.03. The largest absolute Gasteiger partial charge is 0.381 e. The van der Waals surface area contributed by atoms with E-state index in [4.69, 9.17) is 14.8 Å². The zero-order chi connectivity index (χ0) is 13.4. The van der Waals surface area contributed by atoms with Crippen LogP contribution in [0.1, 0.15) is 48.4 Å². The number of nitrogens with one attached hydrogen (secondary N) is 1. The summed E-state index contributed by atoms with van der Waals surface area (Å²) in [6, 6.07) is 0. The van der Waals surface area contributed by atoms with E-state index in [-0.39, 0.29) is 0 Å². The maximum atomic E-state index is 5.45. The molecule has 0 aromatic carbocycles. The van der Waals surface area contributed by atoms with E-state index < -0.39 is 0 Å². The first-order chi connectivity index (χ1) is 9.90. The summed E-state index contributed by atoms with van der Waals surface area (Å²) in [5, 5.41) is 4.74. The number of aryl methyl sites for hydroxylation is 2. The van der Waals surface area contributed by atoms with E-state index in [1.165, 1.54) is 18.7 Å². The molecule has 4 rings (SSSR count). The minimum absolute atomic E-state index is 0.390. The Hall–Kier alpha value is -1.69. The minimum Gasteiger partial charge on any atom is -0.381 e. The SMILES string of the molecule is c1ncc(CCn2nc([C@@H]3CCOC3)nc2C2CC2)[nH]1. The maximum Gasteiger partial charge on any atom is 0.156 e. The van der Waals surface area contributed by atoms with Gasteiger partial charge in [-0.2, -0.15) is 5.10 Å². The predicted molar refractivity (Wildman–Crippen MR) is 72.5 cm³/mol. The molecule has 0 spiro atoms. The van der Waals surface area contributed by atoms with Gasteiger partial charge >= 0.3 is 0 Å². The van der Waals surface area contributed by atoms with E-state index >= 15 is 0 Å². The van der Waals surface area contributed by atoms with Gasteiger partial charge in [-0.15, -0.1) is 0 Å². The predicted octanol–water partition coefficient (Wildman–Crippen LogP) is 1.63. The second-order valence-corrected chi connectivity index (χ2v) is 5.71. The molecule has 3 heterocycles. The molecule has 2 fully saturated rings. The Balaban J connectivity index is 1.53. The second kappa shape index (κ2) is 5.01. The molecular weight excluding hydrogens is 254 g/mol. The van der Waals surface area contributed by atoms with Gasteiger partial charge in [0.1, 0.15) is 5.82 Å². The van der Waals surface area contributed by atoms with E-state index in [0.717, 1.165) is 44.1 Å². The molecule has 6 heteroatoms. The molecule has 1 aliphatic carbocycles. The number of nitrogens with zero attached hydrogens (tertiary/aromatic N) is 4. The number of rotatable bonds is 5. The fraction of sp³-hybridized carbons (Fsp3) is 0.643. The van der Waals surface area contributed by atoms with Gasteiger partial charge in [-0.3, -0.25) is 0 Å². The van der Waals surface area contributed by atoms with Crippen molar-refractivity contribution < 1.29 is 4.74 Å². The quantitative estimate of drug-likeness (QED) is 0.899. The Bertz CT molecular complexity index is 566. The molecule has 0 unspecified atom stereocenters. The molecule has 0 amide bonds. The third kappa shape index (κ3) is 2.35. The van der Waals surface area contributed by atoms with Gasteiger partial charge in [0.2, 0.25) is 0 Å². The van der Waals surface area contributed by atoms with Crippen molar-refractivity contribution in [1.29, 1.82) is 0 Å². The number of aromatic nitrogens is 5. The summed E-state index contributed by atoms with van der Waals surface area (Å²) in [5.74, 6) is 3.17. The Morgan fingerprint density at radius 3 is 2.95 bits per heavy atom. The van der Waals surface area contributed by atoms with Crippen molar-refractivity contribution in [3.05, 3.63) is 29.9 Å². The van der Waals surface area contributed by atoms with Crippen LogP contribution in [0, 0.1) is 0 Å². The lowest BCUT2D eigenvalue weighted by Gasteiger charge is -2.03. The number of H-pyrrole nitrogens is 1. The molecule has 20 heavy (non-hydrogen) atoms. The molecule has 106 valence electrons. The lowest BCUT2D eigenvalue weighted by Crippen LogP contribution is -2.08. The van der Waals surface area contributed by atoms with E-state index in [2.05, 4.69) is 14.6 Å². The van der Waals surface area contributed by atoms with Crippen LogP contribution in [0.4, 0.5) is 0 Å². The smallest absolute Gasteiger partial charge is 0.156 e. The molecule has 2 aromatic heterocycles. The average Bonchev–Trinajstić information content (AvgIpc) is 2.94. The summed E-state index contributed by atoms with van der Waals surface area (Å²) in [7, 11) is 0. The highest BCUT2D eigenvalue weighted by atomic mass is 16.5. The Morgan fingerprint density at radius 2 is 2.25 bits per heavy atom. The van der Waals surface area contributed by atoms with Gasteiger partial charge in [0, 0.05) is 43.3 Å². The zero-order valence-corrected chi connectivity index (χ0v) is 11.5. The fourth-order valence-electron chi connectivity index (χ4n) is 2.74. The van der Waals surface area contributed by atoms with Crippen molar-refractivity contribution in [2.75, 3.05) is 13.2 Å². The van der Waals surface area contributed by atoms with Gasteiger partial charge in [0.25, 0.3) is 0 Å². The molecule has 1 atom stereocenters. The van der Waals surface area contributed by atoms with Crippen molar-refractivity contribution in [1.82, 2.24) is 24.7 Å². The lowest BCUT2D eigenvalue weighted by molar-refractivity contribution is 0.193. The van der Waals surface area contributed by atoms with Crippen molar-refractivity contribution in [3.63, 3.8) is 0 Å². The summed E-state index contributed by atoms with van der Waals surface area (Å²) in [6.45, 7) is 2.48. The molecule has 0 radical (unpaired) electrons. The molecule has 2 aliphatic rings. The van der Waals surface area contributed by atoms with Crippen LogP contribution in [0.15, 0.2) is 12.5 Å². The lowest BCUT2D eigenvalue weighted by atomic mass is 10.1. The summed E-state index contributed by atoms with van der Waals surface area (Å²) in [4.78, 5) is 12.0. The maximum absolute atomic E-state index is 5.45. The molecule has 6 nitrogen and oxygen atoms in total.